The molecular formula is C17H19N5O2S. The van der Waals surface area contributed by atoms with Gasteiger partial charge < -0.3 is 9.73 Å². The summed E-state index contributed by atoms with van der Waals surface area (Å²) in [7, 11) is 0. The molecule has 2 heterocycles. The van der Waals surface area contributed by atoms with Crippen LogP contribution in [0.4, 0.5) is 5.69 Å². The van der Waals surface area contributed by atoms with E-state index in [4.69, 9.17) is 4.42 Å². The molecule has 3 aromatic rings. The Morgan fingerprint density at radius 3 is 2.84 bits per heavy atom. The molecule has 130 valence electrons. The van der Waals surface area contributed by atoms with Crippen molar-refractivity contribution in [2.75, 3.05) is 11.1 Å². The van der Waals surface area contributed by atoms with E-state index in [2.05, 4.69) is 27.8 Å². The van der Waals surface area contributed by atoms with E-state index in [1.54, 1.807) is 10.9 Å². The van der Waals surface area contributed by atoms with E-state index in [1.165, 1.54) is 17.3 Å². The zero-order valence-electron chi connectivity index (χ0n) is 13.9. The number of carbonyl (C=O) groups is 1. The SMILES string of the molecule is CCCc1ccc(NC(=O)CSc2nnnn2Cc2ccco2)cc1. The number of amides is 1. The van der Waals surface area contributed by atoms with Crippen LogP contribution in [0, 0.1) is 0 Å². The summed E-state index contributed by atoms with van der Waals surface area (Å²) in [6.45, 7) is 2.58. The van der Waals surface area contributed by atoms with Crippen LogP contribution in [-0.4, -0.2) is 31.9 Å². The molecule has 1 amide bonds. The Morgan fingerprint density at radius 2 is 2.12 bits per heavy atom. The van der Waals surface area contributed by atoms with Gasteiger partial charge in [0.05, 0.1) is 12.0 Å². The molecule has 0 bridgehead atoms. The molecule has 0 saturated carbocycles. The predicted octanol–water partition coefficient (Wildman–Crippen LogP) is 3.00. The first-order valence-corrected chi connectivity index (χ1v) is 9.03. The average molecular weight is 357 g/mol. The van der Waals surface area contributed by atoms with Crippen molar-refractivity contribution in [3.63, 3.8) is 0 Å². The Labute approximate surface area is 149 Å². The number of nitrogens with zero attached hydrogens (tertiary/aromatic N) is 4. The minimum Gasteiger partial charge on any atom is -0.467 e. The highest BCUT2D eigenvalue weighted by molar-refractivity contribution is 7.99. The van der Waals surface area contributed by atoms with E-state index in [-0.39, 0.29) is 11.7 Å². The van der Waals surface area contributed by atoms with E-state index in [0.717, 1.165) is 24.3 Å². The van der Waals surface area contributed by atoms with Gasteiger partial charge in [0.25, 0.3) is 0 Å². The maximum absolute atomic E-state index is 12.1. The summed E-state index contributed by atoms with van der Waals surface area (Å²) in [5, 5.41) is 15.0. The van der Waals surface area contributed by atoms with Crippen LogP contribution < -0.4 is 5.32 Å². The van der Waals surface area contributed by atoms with Crippen LogP contribution in [0.1, 0.15) is 24.7 Å². The number of anilines is 1. The lowest BCUT2D eigenvalue weighted by Crippen LogP contribution is -2.14. The van der Waals surface area contributed by atoms with Crippen LogP contribution in [-0.2, 0) is 17.8 Å². The van der Waals surface area contributed by atoms with Gasteiger partial charge in [-0.15, -0.1) is 5.10 Å². The molecule has 1 aromatic carbocycles. The summed E-state index contributed by atoms with van der Waals surface area (Å²) in [6.07, 6.45) is 3.75. The van der Waals surface area contributed by atoms with Crippen molar-refractivity contribution in [1.29, 1.82) is 0 Å². The first kappa shape index (κ1) is 17.2. The number of thioether (sulfide) groups is 1. The number of tetrazole rings is 1. The largest absolute Gasteiger partial charge is 0.467 e. The molecule has 0 aliphatic carbocycles. The van der Waals surface area contributed by atoms with Gasteiger partial charge in [-0.1, -0.05) is 37.2 Å². The maximum atomic E-state index is 12.1. The van der Waals surface area contributed by atoms with Gasteiger partial charge in [-0.2, -0.15) is 0 Å². The van der Waals surface area contributed by atoms with E-state index in [1.807, 2.05) is 36.4 Å². The van der Waals surface area contributed by atoms with Crippen LogP contribution in [0.5, 0.6) is 0 Å². The second-order valence-corrected chi connectivity index (χ2v) is 6.42. The zero-order valence-corrected chi connectivity index (χ0v) is 14.7. The summed E-state index contributed by atoms with van der Waals surface area (Å²) >= 11 is 1.29. The fraction of sp³-hybridized carbons (Fsp3) is 0.294. The number of carbonyl (C=O) groups excluding carboxylic acids is 1. The van der Waals surface area contributed by atoms with Crippen molar-refractivity contribution < 1.29 is 9.21 Å². The second kappa shape index (κ2) is 8.48. The Bertz CT molecular complexity index is 799. The van der Waals surface area contributed by atoms with Gasteiger partial charge in [-0.05, 0) is 46.7 Å². The highest BCUT2D eigenvalue weighted by Crippen LogP contribution is 2.16. The number of rotatable bonds is 8. The lowest BCUT2D eigenvalue weighted by Gasteiger charge is -2.06. The number of hydrogen-bond donors (Lipinski definition) is 1. The fourth-order valence-electron chi connectivity index (χ4n) is 2.32. The molecule has 0 aliphatic rings. The molecule has 2 aromatic heterocycles. The summed E-state index contributed by atoms with van der Waals surface area (Å²) in [5.74, 6) is 0.890. The Balaban J connectivity index is 1.51. The molecule has 0 spiro atoms. The summed E-state index contributed by atoms with van der Waals surface area (Å²) < 4.78 is 6.90. The third kappa shape index (κ3) is 4.93. The van der Waals surface area contributed by atoms with Crippen LogP contribution in [0.25, 0.3) is 0 Å². The van der Waals surface area contributed by atoms with Crippen LogP contribution >= 0.6 is 11.8 Å². The standard InChI is InChI=1S/C17H19N5O2S/c1-2-4-13-6-8-14(9-7-13)18-16(23)12-25-17-19-20-21-22(17)11-15-5-3-10-24-15/h3,5-10H,2,4,11-12H2,1H3,(H,18,23). The summed E-state index contributed by atoms with van der Waals surface area (Å²) in [6, 6.07) is 11.6. The van der Waals surface area contributed by atoms with E-state index in [0.29, 0.717) is 11.7 Å². The number of hydrogen-bond acceptors (Lipinski definition) is 6. The van der Waals surface area contributed by atoms with Crippen LogP contribution in [0.3, 0.4) is 0 Å². The van der Waals surface area contributed by atoms with Gasteiger partial charge in [-0.3, -0.25) is 4.79 Å². The topological polar surface area (TPSA) is 85.8 Å². The van der Waals surface area contributed by atoms with Crippen molar-refractivity contribution in [2.24, 2.45) is 0 Å². The van der Waals surface area contributed by atoms with Crippen molar-refractivity contribution in [2.45, 2.75) is 31.5 Å². The minimum atomic E-state index is -0.0965. The molecule has 0 atom stereocenters. The van der Waals surface area contributed by atoms with Crippen LogP contribution in [0.15, 0.2) is 52.2 Å². The van der Waals surface area contributed by atoms with Crippen molar-refractivity contribution in [1.82, 2.24) is 20.2 Å². The second-order valence-electron chi connectivity index (χ2n) is 5.48. The Morgan fingerprint density at radius 1 is 1.28 bits per heavy atom. The van der Waals surface area contributed by atoms with E-state index >= 15 is 0 Å². The lowest BCUT2D eigenvalue weighted by atomic mass is 10.1. The number of benzene rings is 1. The minimum absolute atomic E-state index is 0.0965. The zero-order chi connectivity index (χ0) is 17.5. The molecule has 0 radical (unpaired) electrons. The Hall–Kier alpha value is -2.61. The maximum Gasteiger partial charge on any atom is 0.234 e. The number of aromatic nitrogens is 4. The van der Waals surface area contributed by atoms with Gasteiger partial charge in [0.15, 0.2) is 0 Å². The number of nitrogens with one attached hydrogen (secondary N) is 1. The van der Waals surface area contributed by atoms with Crippen LogP contribution in [0.2, 0.25) is 0 Å². The predicted molar refractivity (Wildman–Crippen MR) is 95.4 cm³/mol. The van der Waals surface area contributed by atoms with Gasteiger partial charge in [-0.25, -0.2) is 4.68 Å². The first-order chi connectivity index (χ1) is 12.2. The lowest BCUT2D eigenvalue weighted by molar-refractivity contribution is -0.113. The molecule has 7 nitrogen and oxygen atoms in total. The third-order valence-electron chi connectivity index (χ3n) is 3.49. The average Bonchev–Trinajstić information content (AvgIpc) is 3.27. The quantitative estimate of drug-likeness (QED) is 0.624. The molecule has 1 N–H and O–H groups in total. The molecular weight excluding hydrogens is 338 g/mol. The molecule has 0 unspecified atom stereocenters. The van der Waals surface area contributed by atoms with Crippen molar-refractivity contribution >= 4 is 23.4 Å². The highest BCUT2D eigenvalue weighted by Gasteiger charge is 2.11. The van der Waals surface area contributed by atoms with Crippen molar-refractivity contribution in [3.05, 3.63) is 54.0 Å². The smallest absolute Gasteiger partial charge is 0.234 e. The molecule has 8 heteroatoms. The summed E-state index contributed by atoms with van der Waals surface area (Å²) in [4.78, 5) is 12.1. The van der Waals surface area contributed by atoms with E-state index < -0.39 is 0 Å². The number of aryl methyl sites for hydroxylation is 1. The molecule has 3 rings (SSSR count). The third-order valence-corrected chi connectivity index (χ3v) is 4.45. The van der Waals surface area contributed by atoms with Gasteiger partial charge >= 0.3 is 0 Å². The normalized spacial score (nSPS) is 10.8. The van der Waals surface area contributed by atoms with E-state index in [9.17, 15) is 4.79 Å². The fourth-order valence-corrected chi connectivity index (χ4v) is 3.00. The van der Waals surface area contributed by atoms with Crippen molar-refractivity contribution in [3.8, 4) is 0 Å². The molecule has 25 heavy (non-hydrogen) atoms. The Kier molecular flexibility index (Phi) is 5.84. The molecule has 0 aliphatic heterocycles. The van der Waals surface area contributed by atoms with Gasteiger partial charge in [0.1, 0.15) is 12.3 Å². The van der Waals surface area contributed by atoms with Gasteiger partial charge in [0.2, 0.25) is 11.1 Å². The summed E-state index contributed by atoms with van der Waals surface area (Å²) in [5.41, 5.74) is 2.06. The first-order valence-electron chi connectivity index (χ1n) is 8.04. The molecule has 0 fully saturated rings. The van der Waals surface area contributed by atoms with Gasteiger partial charge in [0, 0.05) is 5.69 Å². The highest BCUT2D eigenvalue weighted by atomic mass is 32.2. The molecule has 0 saturated heterocycles. The monoisotopic (exact) mass is 357 g/mol. The number of furan rings is 1.